The average molecular weight is 353 g/mol. The number of amides is 1. The zero-order chi connectivity index (χ0) is 18.1. The molecule has 2 saturated heterocycles. The average Bonchev–Trinajstić information content (AvgIpc) is 3.28. The van der Waals surface area contributed by atoms with Crippen LogP contribution in [0, 0.1) is 0 Å². The van der Waals surface area contributed by atoms with Gasteiger partial charge in [-0.3, -0.25) is 0 Å². The fraction of sp³-hybridized carbons (Fsp3) is 0.316. The molecule has 7 nitrogen and oxygen atoms in total. The lowest BCUT2D eigenvalue weighted by Gasteiger charge is -2.34. The molecule has 2 aliphatic rings. The van der Waals surface area contributed by atoms with Crippen LogP contribution in [0.1, 0.15) is 22.3 Å². The molecule has 1 aromatic carbocycles. The molecule has 3 heterocycles. The van der Waals surface area contributed by atoms with Crippen molar-refractivity contribution in [2.24, 2.45) is 0 Å². The van der Waals surface area contributed by atoms with Gasteiger partial charge in [-0.05, 0) is 24.1 Å². The molecule has 2 aromatic rings. The van der Waals surface area contributed by atoms with Crippen molar-refractivity contribution < 1.29 is 19.4 Å². The van der Waals surface area contributed by atoms with Gasteiger partial charge in [0.2, 0.25) is 0 Å². The number of nitrogens with zero attached hydrogens (tertiary/aromatic N) is 3. The predicted molar refractivity (Wildman–Crippen MR) is 94.1 cm³/mol. The number of carbonyl (C=O) groups excluding carboxylic acids is 1. The minimum Gasteiger partial charge on any atom is -0.478 e. The van der Waals surface area contributed by atoms with Crippen LogP contribution in [-0.4, -0.2) is 52.2 Å². The van der Waals surface area contributed by atoms with E-state index < -0.39 is 5.97 Å². The Morgan fingerprint density at radius 1 is 1.12 bits per heavy atom. The molecule has 0 unspecified atom stereocenters. The second-order valence-corrected chi connectivity index (χ2v) is 6.60. The first-order valence-corrected chi connectivity index (χ1v) is 8.55. The van der Waals surface area contributed by atoms with E-state index in [1.165, 1.54) is 6.20 Å². The molecule has 0 saturated carbocycles. The van der Waals surface area contributed by atoms with Crippen molar-refractivity contribution in [1.82, 2.24) is 9.88 Å². The quantitative estimate of drug-likeness (QED) is 0.909. The van der Waals surface area contributed by atoms with E-state index in [1.807, 2.05) is 30.3 Å². The van der Waals surface area contributed by atoms with E-state index in [0.29, 0.717) is 13.1 Å². The van der Waals surface area contributed by atoms with Gasteiger partial charge in [-0.1, -0.05) is 30.3 Å². The Balaban J connectivity index is 1.35. The molecule has 26 heavy (non-hydrogen) atoms. The molecule has 0 radical (unpaired) electrons. The molecular formula is C19H19N3O4. The summed E-state index contributed by atoms with van der Waals surface area (Å²) in [6.45, 7) is 1.56. The Labute approximate surface area is 150 Å². The van der Waals surface area contributed by atoms with Gasteiger partial charge in [-0.25, -0.2) is 14.6 Å². The van der Waals surface area contributed by atoms with E-state index in [0.717, 1.165) is 17.8 Å². The van der Waals surface area contributed by atoms with Crippen LogP contribution in [0.25, 0.3) is 0 Å². The predicted octanol–water partition coefficient (Wildman–Crippen LogP) is 2.38. The van der Waals surface area contributed by atoms with Crippen LogP contribution in [0.4, 0.5) is 10.6 Å². The van der Waals surface area contributed by atoms with Crippen LogP contribution >= 0.6 is 0 Å². The molecule has 7 heteroatoms. The number of pyridine rings is 1. The zero-order valence-electron chi connectivity index (χ0n) is 14.1. The number of fused-ring (bicyclic) bond motifs is 2. The van der Waals surface area contributed by atoms with Crippen molar-refractivity contribution in [2.45, 2.75) is 25.1 Å². The lowest BCUT2D eigenvalue weighted by molar-refractivity contribution is 0.0696. The number of likely N-dealkylation sites (tertiary alicyclic amines) is 1. The largest absolute Gasteiger partial charge is 0.478 e. The molecule has 134 valence electrons. The number of aromatic nitrogens is 1. The van der Waals surface area contributed by atoms with E-state index in [9.17, 15) is 9.59 Å². The van der Waals surface area contributed by atoms with Crippen molar-refractivity contribution >= 4 is 17.9 Å². The highest BCUT2D eigenvalue weighted by molar-refractivity contribution is 5.87. The number of ether oxygens (including phenoxy) is 1. The summed E-state index contributed by atoms with van der Waals surface area (Å²) in [4.78, 5) is 31.5. The Morgan fingerprint density at radius 2 is 1.92 bits per heavy atom. The van der Waals surface area contributed by atoms with Crippen molar-refractivity contribution in [3.63, 3.8) is 0 Å². The first-order valence-electron chi connectivity index (χ1n) is 8.55. The first-order chi connectivity index (χ1) is 12.6. The van der Waals surface area contributed by atoms with Gasteiger partial charge in [0.05, 0.1) is 17.6 Å². The molecule has 1 N–H and O–H groups in total. The summed E-state index contributed by atoms with van der Waals surface area (Å²) in [5.41, 5.74) is 1.14. The van der Waals surface area contributed by atoms with Crippen LogP contribution < -0.4 is 4.90 Å². The second-order valence-electron chi connectivity index (χ2n) is 6.60. The number of carboxylic acid groups (broad SMARTS) is 1. The molecule has 2 bridgehead atoms. The number of carbonyl (C=O) groups is 2. The normalized spacial score (nSPS) is 21.1. The highest BCUT2D eigenvalue weighted by atomic mass is 16.6. The summed E-state index contributed by atoms with van der Waals surface area (Å²) in [5, 5.41) is 8.96. The van der Waals surface area contributed by atoms with Crippen molar-refractivity contribution in [2.75, 3.05) is 18.0 Å². The van der Waals surface area contributed by atoms with E-state index in [2.05, 4.69) is 9.88 Å². The molecule has 2 fully saturated rings. The monoisotopic (exact) mass is 353 g/mol. The lowest BCUT2D eigenvalue weighted by atomic mass is 10.2. The van der Waals surface area contributed by atoms with Gasteiger partial charge in [0.1, 0.15) is 12.4 Å². The van der Waals surface area contributed by atoms with Crippen LogP contribution in [0.3, 0.4) is 0 Å². The van der Waals surface area contributed by atoms with Gasteiger partial charge in [0.15, 0.2) is 0 Å². The third-order valence-electron chi connectivity index (χ3n) is 4.97. The van der Waals surface area contributed by atoms with Crippen LogP contribution in [0.2, 0.25) is 0 Å². The molecule has 0 spiro atoms. The maximum atomic E-state index is 12.4. The summed E-state index contributed by atoms with van der Waals surface area (Å²) in [5.74, 6) is -0.237. The summed E-state index contributed by atoms with van der Waals surface area (Å²) in [6.07, 6.45) is 1.97. The van der Waals surface area contributed by atoms with Crippen LogP contribution in [-0.2, 0) is 11.3 Å². The number of carboxylic acids is 1. The van der Waals surface area contributed by atoms with Crippen molar-refractivity contribution in [3.05, 3.63) is 59.8 Å². The number of benzene rings is 1. The molecule has 1 amide bonds. The lowest BCUT2D eigenvalue weighted by Crippen LogP contribution is -2.49. The number of rotatable bonds is 4. The van der Waals surface area contributed by atoms with Crippen LogP contribution in [0.5, 0.6) is 0 Å². The van der Waals surface area contributed by atoms with Crippen LogP contribution in [0.15, 0.2) is 48.7 Å². The maximum Gasteiger partial charge on any atom is 0.410 e. The SMILES string of the molecule is O=C(O)c1ccc(N2C[C@@H]3C[C@H]2CN3C(=O)OCc2ccccc2)nc1. The van der Waals surface area contributed by atoms with E-state index in [-0.39, 0.29) is 30.3 Å². The Morgan fingerprint density at radius 3 is 2.54 bits per heavy atom. The fourth-order valence-electron chi connectivity index (χ4n) is 3.66. The smallest absolute Gasteiger partial charge is 0.410 e. The number of piperazine rings is 1. The molecular weight excluding hydrogens is 334 g/mol. The highest BCUT2D eigenvalue weighted by Crippen LogP contribution is 2.34. The van der Waals surface area contributed by atoms with Gasteiger partial charge < -0.3 is 19.6 Å². The molecule has 0 aliphatic carbocycles. The fourth-order valence-corrected chi connectivity index (χ4v) is 3.66. The van der Waals surface area contributed by atoms with E-state index in [4.69, 9.17) is 9.84 Å². The summed E-state index contributed by atoms with van der Waals surface area (Å²) in [6, 6.07) is 13.2. The minimum atomic E-state index is -0.987. The molecule has 2 aliphatic heterocycles. The molecule has 2 atom stereocenters. The summed E-state index contributed by atoms with van der Waals surface area (Å²) >= 11 is 0. The van der Waals surface area contributed by atoms with Gasteiger partial charge in [0, 0.05) is 19.3 Å². The first kappa shape index (κ1) is 16.4. The molecule has 4 rings (SSSR count). The van der Waals surface area contributed by atoms with Gasteiger partial charge in [-0.2, -0.15) is 0 Å². The summed E-state index contributed by atoms with van der Waals surface area (Å²) < 4.78 is 5.44. The third-order valence-corrected chi connectivity index (χ3v) is 4.97. The topological polar surface area (TPSA) is 83.0 Å². The van der Waals surface area contributed by atoms with Gasteiger partial charge in [0.25, 0.3) is 0 Å². The summed E-state index contributed by atoms with van der Waals surface area (Å²) in [7, 11) is 0. The van der Waals surface area contributed by atoms with Gasteiger partial charge in [-0.15, -0.1) is 0 Å². The third kappa shape index (κ3) is 3.08. The number of aromatic carboxylic acids is 1. The standard InChI is InChI=1S/C19H19N3O4/c23-18(24)14-6-7-17(20-9-14)21-10-16-8-15(21)11-22(16)19(25)26-12-13-4-2-1-3-5-13/h1-7,9,15-16H,8,10-12H2,(H,23,24)/t15-,16-/m0/s1. The number of hydrogen-bond acceptors (Lipinski definition) is 5. The number of anilines is 1. The number of hydrogen-bond donors (Lipinski definition) is 1. The minimum absolute atomic E-state index is 0.101. The second kappa shape index (κ2) is 6.67. The molecule has 1 aromatic heterocycles. The maximum absolute atomic E-state index is 12.4. The van der Waals surface area contributed by atoms with Gasteiger partial charge >= 0.3 is 12.1 Å². The van der Waals surface area contributed by atoms with E-state index in [1.54, 1.807) is 17.0 Å². The Kier molecular flexibility index (Phi) is 4.20. The highest BCUT2D eigenvalue weighted by Gasteiger charge is 2.46. The van der Waals surface area contributed by atoms with E-state index >= 15 is 0 Å². The van der Waals surface area contributed by atoms with Crippen molar-refractivity contribution in [3.8, 4) is 0 Å². The Hall–Kier alpha value is -3.09. The zero-order valence-corrected chi connectivity index (χ0v) is 14.1. The van der Waals surface area contributed by atoms with Crippen molar-refractivity contribution in [1.29, 1.82) is 0 Å². The Bertz CT molecular complexity index is 809.